The predicted octanol–water partition coefficient (Wildman–Crippen LogP) is 3.59. The molecule has 1 unspecified atom stereocenters. The number of hydrogen-bond donors (Lipinski definition) is 2. The lowest BCUT2D eigenvalue weighted by Gasteiger charge is -2.26. The minimum atomic E-state index is -1.45. The fraction of sp³-hybridized carbons (Fsp3) is 0.278. The molecule has 0 spiro atoms. The Morgan fingerprint density at radius 3 is 2.80 bits per heavy atom. The largest absolute Gasteiger partial charge is 0.588 e. The van der Waals surface area contributed by atoms with Gasteiger partial charge in [-0.2, -0.15) is 0 Å². The lowest BCUT2D eigenvalue weighted by Crippen LogP contribution is -2.35. The van der Waals surface area contributed by atoms with Crippen molar-refractivity contribution in [2.24, 2.45) is 0 Å². The van der Waals surface area contributed by atoms with Crippen LogP contribution in [-0.2, 0) is 17.9 Å². The first-order chi connectivity index (χ1) is 11.9. The molecule has 25 heavy (non-hydrogen) atoms. The molecule has 0 aliphatic carbocycles. The van der Waals surface area contributed by atoms with Crippen LogP contribution in [0.4, 0.5) is 16.2 Å². The third kappa shape index (κ3) is 4.00. The first-order valence-corrected chi connectivity index (χ1v) is 9.18. The first-order valence-electron chi connectivity index (χ1n) is 8.03. The smallest absolute Gasteiger partial charge is 0.321 e. The zero-order valence-corrected chi connectivity index (χ0v) is 15.2. The van der Waals surface area contributed by atoms with Crippen LogP contribution < -0.4 is 14.8 Å². The summed E-state index contributed by atoms with van der Waals surface area (Å²) in [5.41, 5.74) is 2.47. The van der Waals surface area contributed by atoms with Crippen LogP contribution >= 0.6 is 0 Å². The van der Waals surface area contributed by atoms with E-state index in [0.29, 0.717) is 17.2 Å². The number of fused-ring (bicyclic) bond motifs is 1. The number of benzene rings is 2. The molecule has 0 aromatic heterocycles. The van der Waals surface area contributed by atoms with Crippen molar-refractivity contribution in [3.8, 4) is 5.75 Å². The van der Waals surface area contributed by atoms with E-state index in [1.807, 2.05) is 44.2 Å². The van der Waals surface area contributed by atoms with Crippen LogP contribution in [0.25, 0.3) is 0 Å². The van der Waals surface area contributed by atoms with Crippen LogP contribution in [0, 0.1) is 0 Å². The van der Waals surface area contributed by atoms with Crippen molar-refractivity contribution in [2.75, 3.05) is 17.1 Å². The Labute approximate surface area is 150 Å². The number of anilines is 2. The van der Waals surface area contributed by atoms with Gasteiger partial charge >= 0.3 is 6.03 Å². The average molecular weight is 359 g/mol. The zero-order chi connectivity index (χ0) is 18.0. The molecular weight excluding hydrogens is 338 g/mol. The number of nitrogens with zero attached hydrogens (tertiary/aromatic N) is 1. The number of urea groups is 1. The maximum atomic E-state index is 12.7. The standard InChI is InChI=1S/C18H21N3O3S/c1-12(2)24-16-6-4-5-7-17(16)25(23)20-14-8-9-15-13(10-14)11-21(3)18(22)19-15/h4-10,12,20H,11H2,1-3H3,(H,19,22). The minimum Gasteiger partial charge on any atom is -0.588 e. The fourth-order valence-electron chi connectivity index (χ4n) is 2.56. The average Bonchev–Trinajstić information content (AvgIpc) is 2.56. The third-order valence-corrected chi connectivity index (χ3v) is 4.88. The van der Waals surface area contributed by atoms with E-state index in [1.165, 1.54) is 0 Å². The summed E-state index contributed by atoms with van der Waals surface area (Å²) in [7, 11) is 1.73. The van der Waals surface area contributed by atoms with Crippen molar-refractivity contribution in [1.29, 1.82) is 0 Å². The van der Waals surface area contributed by atoms with Crippen molar-refractivity contribution < 1.29 is 14.1 Å². The van der Waals surface area contributed by atoms with Crippen molar-refractivity contribution in [3.05, 3.63) is 48.0 Å². The molecule has 6 nitrogen and oxygen atoms in total. The molecule has 7 heteroatoms. The van der Waals surface area contributed by atoms with Gasteiger partial charge in [0.1, 0.15) is 11.4 Å². The predicted molar refractivity (Wildman–Crippen MR) is 99.2 cm³/mol. The first kappa shape index (κ1) is 17.4. The number of rotatable bonds is 5. The molecule has 2 aromatic carbocycles. The van der Waals surface area contributed by atoms with Crippen molar-refractivity contribution in [1.82, 2.24) is 4.90 Å². The maximum absolute atomic E-state index is 12.7. The summed E-state index contributed by atoms with van der Waals surface area (Å²) in [5, 5.41) is 2.82. The van der Waals surface area contributed by atoms with Gasteiger partial charge in [-0.3, -0.25) is 0 Å². The summed E-state index contributed by atoms with van der Waals surface area (Å²) in [6, 6.07) is 12.7. The molecule has 0 bridgehead atoms. The molecule has 2 amide bonds. The molecule has 1 aliphatic heterocycles. The summed E-state index contributed by atoms with van der Waals surface area (Å²) >= 11 is -1.45. The highest BCUT2D eigenvalue weighted by atomic mass is 32.2. The van der Waals surface area contributed by atoms with E-state index in [0.717, 1.165) is 16.9 Å². The summed E-state index contributed by atoms with van der Waals surface area (Å²) in [5.74, 6) is 0.605. The Kier molecular flexibility index (Phi) is 5.06. The van der Waals surface area contributed by atoms with Crippen LogP contribution in [0.1, 0.15) is 19.4 Å². The highest BCUT2D eigenvalue weighted by Crippen LogP contribution is 2.29. The number of nitrogens with one attached hydrogen (secondary N) is 2. The molecule has 0 fully saturated rings. The van der Waals surface area contributed by atoms with E-state index in [2.05, 4.69) is 10.0 Å². The van der Waals surface area contributed by atoms with Crippen molar-refractivity contribution >= 4 is 28.8 Å². The third-order valence-electron chi connectivity index (χ3n) is 3.72. The lowest BCUT2D eigenvalue weighted by molar-refractivity contribution is 0.218. The fourth-order valence-corrected chi connectivity index (χ4v) is 3.52. The molecule has 1 atom stereocenters. The second kappa shape index (κ2) is 7.25. The number of carbonyl (C=O) groups excluding carboxylic acids is 1. The molecule has 3 rings (SSSR count). The highest BCUT2D eigenvalue weighted by molar-refractivity contribution is 7.92. The molecule has 1 heterocycles. The Bertz CT molecular complexity index is 782. The van der Waals surface area contributed by atoms with Crippen LogP contribution in [0.3, 0.4) is 0 Å². The van der Waals surface area contributed by atoms with E-state index in [4.69, 9.17) is 4.74 Å². The summed E-state index contributed by atoms with van der Waals surface area (Å²) in [4.78, 5) is 13.9. The minimum absolute atomic E-state index is 0.000966. The Balaban J connectivity index is 1.79. The van der Waals surface area contributed by atoms with Crippen LogP contribution in [0.2, 0.25) is 0 Å². The normalized spacial score (nSPS) is 14.8. The second-order valence-electron chi connectivity index (χ2n) is 6.14. The van der Waals surface area contributed by atoms with Gasteiger partial charge in [-0.05, 0) is 49.7 Å². The van der Waals surface area contributed by atoms with Crippen LogP contribution in [-0.4, -0.2) is 28.6 Å². The van der Waals surface area contributed by atoms with Gasteiger partial charge in [0.25, 0.3) is 0 Å². The van der Waals surface area contributed by atoms with Gasteiger partial charge < -0.3 is 19.5 Å². The topological polar surface area (TPSA) is 76.7 Å². The summed E-state index contributed by atoms with van der Waals surface area (Å²) in [6.45, 7) is 4.37. The van der Waals surface area contributed by atoms with Gasteiger partial charge in [0.15, 0.2) is 5.75 Å². The number of hydrogen-bond acceptors (Lipinski definition) is 4. The van der Waals surface area contributed by atoms with Gasteiger partial charge in [-0.25, -0.2) is 9.52 Å². The van der Waals surface area contributed by atoms with Crippen LogP contribution in [0.15, 0.2) is 47.4 Å². The quantitative estimate of drug-likeness (QED) is 0.800. The Morgan fingerprint density at radius 2 is 2.04 bits per heavy atom. The van der Waals surface area contributed by atoms with Gasteiger partial charge in [0.2, 0.25) is 4.90 Å². The Morgan fingerprint density at radius 1 is 1.28 bits per heavy atom. The van der Waals surface area contributed by atoms with Gasteiger partial charge in [-0.1, -0.05) is 12.1 Å². The number of amides is 2. The second-order valence-corrected chi connectivity index (χ2v) is 7.32. The van der Waals surface area contributed by atoms with Crippen molar-refractivity contribution in [2.45, 2.75) is 31.4 Å². The molecule has 2 N–H and O–H groups in total. The molecule has 0 radical (unpaired) electrons. The van der Waals surface area contributed by atoms with Gasteiger partial charge in [-0.15, -0.1) is 0 Å². The molecule has 0 saturated carbocycles. The maximum Gasteiger partial charge on any atom is 0.321 e. The number of carbonyl (C=O) groups is 1. The lowest BCUT2D eigenvalue weighted by atomic mass is 10.1. The van der Waals surface area contributed by atoms with Crippen molar-refractivity contribution in [3.63, 3.8) is 0 Å². The van der Waals surface area contributed by atoms with E-state index >= 15 is 0 Å². The van der Waals surface area contributed by atoms with Gasteiger partial charge in [0, 0.05) is 19.3 Å². The van der Waals surface area contributed by atoms with Gasteiger partial charge in [0.05, 0.1) is 11.8 Å². The summed E-state index contributed by atoms with van der Waals surface area (Å²) < 4.78 is 21.5. The molecule has 0 saturated heterocycles. The molecular formula is C18H21N3O3S. The van der Waals surface area contributed by atoms with E-state index in [1.54, 1.807) is 24.1 Å². The SMILES string of the molecule is CC(C)Oc1ccccc1[S+]([O-])Nc1ccc2c(c1)CN(C)C(=O)N2. The summed E-state index contributed by atoms with van der Waals surface area (Å²) in [6.07, 6.45) is 0.000966. The zero-order valence-electron chi connectivity index (χ0n) is 14.4. The van der Waals surface area contributed by atoms with E-state index in [-0.39, 0.29) is 12.1 Å². The Hall–Kier alpha value is -2.38. The van der Waals surface area contributed by atoms with Crippen LogP contribution in [0.5, 0.6) is 5.75 Å². The number of ether oxygens (including phenoxy) is 1. The molecule has 1 aliphatic rings. The molecule has 2 aromatic rings. The monoisotopic (exact) mass is 359 g/mol. The van der Waals surface area contributed by atoms with E-state index in [9.17, 15) is 9.35 Å². The number of para-hydroxylation sites is 1. The highest BCUT2D eigenvalue weighted by Gasteiger charge is 2.22. The van der Waals surface area contributed by atoms with E-state index < -0.39 is 11.4 Å². The molecule has 132 valence electrons.